The lowest BCUT2D eigenvalue weighted by molar-refractivity contribution is -0.139. The van der Waals surface area contributed by atoms with Crippen LogP contribution in [0, 0.1) is 5.92 Å². The van der Waals surface area contributed by atoms with Crippen LogP contribution in [0.4, 0.5) is 0 Å². The van der Waals surface area contributed by atoms with Crippen molar-refractivity contribution in [1.29, 1.82) is 0 Å². The third-order valence-electron chi connectivity index (χ3n) is 1.99. The molecule has 1 rings (SSSR count). The van der Waals surface area contributed by atoms with E-state index in [2.05, 4.69) is 0 Å². The number of aliphatic carboxylic acids is 1. The molecule has 11 heavy (non-hydrogen) atoms. The van der Waals surface area contributed by atoms with E-state index in [1.807, 2.05) is 0 Å². The molecule has 3 N–H and O–H groups in total. The molecule has 1 saturated heterocycles. The maximum Gasteiger partial charge on any atom is 0.303 e. The van der Waals surface area contributed by atoms with E-state index < -0.39 is 5.97 Å². The molecular formula is C7H13NO3. The largest absolute Gasteiger partial charge is 0.481 e. The smallest absolute Gasteiger partial charge is 0.303 e. The summed E-state index contributed by atoms with van der Waals surface area (Å²) in [7, 11) is 0. The highest BCUT2D eigenvalue weighted by molar-refractivity contribution is 5.67. The molecule has 1 aliphatic rings. The molecule has 0 aromatic rings. The lowest BCUT2D eigenvalue weighted by Crippen LogP contribution is -2.40. The second-order valence-electron chi connectivity index (χ2n) is 2.89. The standard InChI is InChI=1S/C7H13NO3/c8-6-4-11-2-1-5(6)3-7(9)10/h5-6H,1-4,8H2,(H,9,10). The van der Waals surface area contributed by atoms with Crippen molar-refractivity contribution in [2.24, 2.45) is 11.7 Å². The van der Waals surface area contributed by atoms with Gasteiger partial charge >= 0.3 is 5.97 Å². The van der Waals surface area contributed by atoms with Gasteiger partial charge in [-0.25, -0.2) is 0 Å². The summed E-state index contributed by atoms with van der Waals surface area (Å²) >= 11 is 0. The molecule has 0 bridgehead atoms. The molecule has 0 aromatic heterocycles. The average molecular weight is 159 g/mol. The number of nitrogens with two attached hydrogens (primary N) is 1. The Morgan fingerprint density at radius 2 is 2.45 bits per heavy atom. The van der Waals surface area contributed by atoms with E-state index >= 15 is 0 Å². The number of ether oxygens (including phenoxy) is 1. The first-order valence-corrected chi connectivity index (χ1v) is 3.75. The van der Waals surface area contributed by atoms with Gasteiger partial charge in [0.15, 0.2) is 0 Å². The van der Waals surface area contributed by atoms with Crippen LogP contribution in [0.15, 0.2) is 0 Å². The van der Waals surface area contributed by atoms with Crippen molar-refractivity contribution in [3.8, 4) is 0 Å². The molecule has 0 amide bonds. The minimum atomic E-state index is -0.771. The molecule has 4 nitrogen and oxygen atoms in total. The summed E-state index contributed by atoms with van der Waals surface area (Å²) in [4.78, 5) is 10.3. The summed E-state index contributed by atoms with van der Waals surface area (Å²) < 4.78 is 5.08. The predicted molar refractivity (Wildman–Crippen MR) is 39.2 cm³/mol. The van der Waals surface area contributed by atoms with Crippen molar-refractivity contribution < 1.29 is 14.6 Å². The number of carboxylic acids is 1. The Balaban J connectivity index is 2.35. The van der Waals surface area contributed by atoms with Crippen molar-refractivity contribution in [3.05, 3.63) is 0 Å². The van der Waals surface area contributed by atoms with Crippen LogP contribution in [0.1, 0.15) is 12.8 Å². The van der Waals surface area contributed by atoms with Gasteiger partial charge in [-0.15, -0.1) is 0 Å². The SMILES string of the molecule is NC1COCCC1CC(=O)O. The maximum atomic E-state index is 10.3. The van der Waals surface area contributed by atoms with E-state index in [4.69, 9.17) is 15.6 Å². The zero-order valence-electron chi connectivity index (χ0n) is 6.32. The first kappa shape index (κ1) is 8.49. The van der Waals surface area contributed by atoms with E-state index in [-0.39, 0.29) is 18.4 Å². The lowest BCUT2D eigenvalue weighted by atomic mass is 9.92. The van der Waals surface area contributed by atoms with Gasteiger partial charge < -0.3 is 15.6 Å². The van der Waals surface area contributed by atoms with Gasteiger partial charge in [0, 0.05) is 19.1 Å². The Bertz CT molecular complexity index is 149. The molecular weight excluding hydrogens is 146 g/mol. The average Bonchev–Trinajstić information content (AvgIpc) is 1.93. The van der Waals surface area contributed by atoms with Crippen LogP contribution in [0.2, 0.25) is 0 Å². The van der Waals surface area contributed by atoms with E-state index in [9.17, 15) is 4.79 Å². The van der Waals surface area contributed by atoms with Gasteiger partial charge in [-0.3, -0.25) is 4.79 Å². The summed E-state index contributed by atoms with van der Waals surface area (Å²) in [5.41, 5.74) is 5.64. The first-order chi connectivity index (χ1) is 5.20. The zero-order chi connectivity index (χ0) is 8.27. The third kappa shape index (κ3) is 2.48. The van der Waals surface area contributed by atoms with Gasteiger partial charge in [-0.2, -0.15) is 0 Å². The van der Waals surface area contributed by atoms with Gasteiger partial charge in [0.25, 0.3) is 0 Å². The molecule has 2 atom stereocenters. The molecule has 0 aromatic carbocycles. The number of hydrogen-bond donors (Lipinski definition) is 2. The predicted octanol–water partition coefficient (Wildman–Crippen LogP) is -0.175. The van der Waals surface area contributed by atoms with Gasteiger partial charge in [-0.1, -0.05) is 0 Å². The molecule has 64 valence electrons. The molecule has 4 heteroatoms. The molecule has 1 aliphatic heterocycles. The van der Waals surface area contributed by atoms with Crippen molar-refractivity contribution in [2.75, 3.05) is 13.2 Å². The van der Waals surface area contributed by atoms with Crippen LogP contribution >= 0.6 is 0 Å². The fourth-order valence-electron chi connectivity index (χ4n) is 1.28. The zero-order valence-corrected chi connectivity index (χ0v) is 6.32. The van der Waals surface area contributed by atoms with E-state index in [1.54, 1.807) is 0 Å². The van der Waals surface area contributed by atoms with Gasteiger partial charge in [-0.05, 0) is 12.3 Å². The second kappa shape index (κ2) is 3.69. The van der Waals surface area contributed by atoms with Crippen molar-refractivity contribution in [2.45, 2.75) is 18.9 Å². The third-order valence-corrected chi connectivity index (χ3v) is 1.99. The minimum Gasteiger partial charge on any atom is -0.481 e. The molecule has 1 fully saturated rings. The van der Waals surface area contributed by atoms with Gasteiger partial charge in [0.1, 0.15) is 0 Å². The normalized spacial score (nSPS) is 31.7. The molecule has 0 radical (unpaired) electrons. The summed E-state index contributed by atoms with van der Waals surface area (Å²) in [5.74, 6) is -0.673. The van der Waals surface area contributed by atoms with Gasteiger partial charge in [0.05, 0.1) is 6.61 Å². The van der Waals surface area contributed by atoms with Crippen LogP contribution in [-0.4, -0.2) is 30.3 Å². The molecule has 2 unspecified atom stereocenters. The van der Waals surface area contributed by atoms with Crippen LogP contribution < -0.4 is 5.73 Å². The molecule has 0 saturated carbocycles. The lowest BCUT2D eigenvalue weighted by Gasteiger charge is -2.27. The Hall–Kier alpha value is -0.610. The summed E-state index contributed by atoms with van der Waals surface area (Å²) in [5, 5.41) is 8.49. The first-order valence-electron chi connectivity index (χ1n) is 3.75. The topological polar surface area (TPSA) is 72.5 Å². The highest BCUT2D eigenvalue weighted by atomic mass is 16.5. The number of carboxylic acid groups (broad SMARTS) is 1. The maximum absolute atomic E-state index is 10.3. The van der Waals surface area contributed by atoms with Gasteiger partial charge in [0.2, 0.25) is 0 Å². The van der Waals surface area contributed by atoms with E-state index in [1.165, 1.54) is 0 Å². The molecule has 0 aliphatic carbocycles. The molecule has 0 spiro atoms. The molecule has 1 heterocycles. The van der Waals surface area contributed by atoms with Crippen molar-refractivity contribution in [3.63, 3.8) is 0 Å². The van der Waals surface area contributed by atoms with Crippen molar-refractivity contribution in [1.82, 2.24) is 0 Å². The van der Waals surface area contributed by atoms with Crippen molar-refractivity contribution >= 4 is 5.97 Å². The summed E-state index contributed by atoms with van der Waals surface area (Å²) in [6.07, 6.45) is 0.942. The highest BCUT2D eigenvalue weighted by Gasteiger charge is 2.24. The quantitative estimate of drug-likeness (QED) is 0.586. The monoisotopic (exact) mass is 159 g/mol. The Kier molecular flexibility index (Phi) is 2.84. The number of carbonyl (C=O) groups is 1. The highest BCUT2D eigenvalue weighted by Crippen LogP contribution is 2.17. The van der Waals surface area contributed by atoms with Crippen LogP contribution in [0.25, 0.3) is 0 Å². The Morgan fingerprint density at radius 1 is 1.73 bits per heavy atom. The number of rotatable bonds is 2. The second-order valence-corrected chi connectivity index (χ2v) is 2.89. The Labute approximate surface area is 65.3 Å². The van der Waals surface area contributed by atoms with Crippen LogP contribution in [0.5, 0.6) is 0 Å². The van der Waals surface area contributed by atoms with Crippen LogP contribution in [0.3, 0.4) is 0 Å². The number of hydrogen-bond acceptors (Lipinski definition) is 3. The van der Waals surface area contributed by atoms with E-state index in [0.29, 0.717) is 13.2 Å². The summed E-state index contributed by atoms with van der Waals surface area (Å²) in [6, 6.07) is -0.0974. The van der Waals surface area contributed by atoms with Crippen LogP contribution in [-0.2, 0) is 9.53 Å². The summed E-state index contributed by atoms with van der Waals surface area (Å²) in [6.45, 7) is 1.14. The minimum absolute atomic E-state index is 0.0974. The Morgan fingerprint density at radius 3 is 3.00 bits per heavy atom. The fraction of sp³-hybridized carbons (Fsp3) is 0.857. The fourth-order valence-corrected chi connectivity index (χ4v) is 1.28. The van der Waals surface area contributed by atoms with E-state index in [0.717, 1.165) is 6.42 Å².